The van der Waals surface area contributed by atoms with Gasteiger partial charge in [0.05, 0.1) is 5.92 Å². The van der Waals surface area contributed by atoms with E-state index in [1.165, 1.54) is 6.20 Å². The molecule has 5 nitrogen and oxygen atoms in total. The molecule has 0 amide bonds. The highest BCUT2D eigenvalue weighted by molar-refractivity contribution is 5.99. The molecule has 16 heavy (non-hydrogen) atoms. The normalized spacial score (nSPS) is 24.2. The van der Waals surface area contributed by atoms with Gasteiger partial charge < -0.3 is 10.4 Å². The van der Waals surface area contributed by atoms with Crippen molar-refractivity contribution in [3.05, 3.63) is 30.1 Å². The Labute approximate surface area is 92.5 Å². The summed E-state index contributed by atoms with van der Waals surface area (Å²) in [5.41, 5.74) is 0.336. The number of rotatable bonds is 3. The van der Waals surface area contributed by atoms with E-state index in [2.05, 4.69) is 10.3 Å². The maximum absolute atomic E-state index is 12.0. The lowest BCUT2D eigenvalue weighted by atomic mass is 9.93. The molecular weight excluding hydrogens is 208 g/mol. The predicted octanol–water partition coefficient (Wildman–Crippen LogP) is 0.327. The van der Waals surface area contributed by atoms with E-state index in [0.29, 0.717) is 18.7 Å². The Morgan fingerprint density at radius 2 is 2.25 bits per heavy atom. The van der Waals surface area contributed by atoms with Crippen LogP contribution in [-0.2, 0) is 4.79 Å². The molecule has 1 aliphatic rings. The summed E-state index contributed by atoms with van der Waals surface area (Å²) in [6.07, 6.45) is 2.08. The fourth-order valence-corrected chi connectivity index (χ4v) is 1.94. The first-order valence-electron chi connectivity index (χ1n) is 5.11. The third-order valence-corrected chi connectivity index (χ3v) is 2.74. The number of aliphatic carboxylic acids is 1. The molecular formula is C11H12N2O3. The third-order valence-electron chi connectivity index (χ3n) is 2.74. The topological polar surface area (TPSA) is 79.3 Å². The number of nitrogens with zero attached hydrogens (tertiary/aromatic N) is 1. The van der Waals surface area contributed by atoms with Gasteiger partial charge in [0, 0.05) is 6.20 Å². The number of aromatic nitrogens is 1. The minimum absolute atomic E-state index is 0.196. The number of ketones is 1. The number of hydrogen-bond acceptors (Lipinski definition) is 4. The van der Waals surface area contributed by atoms with Crippen molar-refractivity contribution in [2.24, 2.45) is 5.92 Å². The lowest BCUT2D eigenvalue weighted by Gasteiger charge is -2.13. The van der Waals surface area contributed by atoms with Crippen LogP contribution in [0.4, 0.5) is 0 Å². The van der Waals surface area contributed by atoms with E-state index in [9.17, 15) is 9.59 Å². The monoisotopic (exact) mass is 220 g/mol. The average molecular weight is 220 g/mol. The Bertz CT molecular complexity index is 405. The van der Waals surface area contributed by atoms with Gasteiger partial charge in [0.2, 0.25) is 0 Å². The molecule has 0 aromatic carbocycles. The fourth-order valence-electron chi connectivity index (χ4n) is 1.94. The summed E-state index contributed by atoms with van der Waals surface area (Å²) >= 11 is 0. The minimum atomic E-state index is -0.980. The van der Waals surface area contributed by atoms with Crippen LogP contribution < -0.4 is 5.32 Å². The zero-order valence-electron chi connectivity index (χ0n) is 8.59. The van der Waals surface area contributed by atoms with Crippen LogP contribution >= 0.6 is 0 Å². The van der Waals surface area contributed by atoms with Crippen LogP contribution in [0.15, 0.2) is 24.4 Å². The van der Waals surface area contributed by atoms with Crippen molar-refractivity contribution in [1.82, 2.24) is 10.3 Å². The quantitative estimate of drug-likeness (QED) is 0.717. The molecule has 2 rings (SSSR count). The predicted molar refractivity (Wildman–Crippen MR) is 56.1 cm³/mol. The Hall–Kier alpha value is -1.75. The van der Waals surface area contributed by atoms with Crippen LogP contribution in [0.1, 0.15) is 16.9 Å². The van der Waals surface area contributed by atoms with Crippen molar-refractivity contribution in [3.8, 4) is 0 Å². The number of carboxylic acids is 1. The summed E-state index contributed by atoms with van der Waals surface area (Å²) in [6.45, 7) is 0.556. The van der Waals surface area contributed by atoms with Gasteiger partial charge >= 0.3 is 5.97 Å². The van der Waals surface area contributed by atoms with Crippen LogP contribution in [-0.4, -0.2) is 34.4 Å². The van der Waals surface area contributed by atoms with Gasteiger partial charge in [0.1, 0.15) is 11.7 Å². The highest BCUT2D eigenvalue weighted by atomic mass is 16.4. The Kier molecular flexibility index (Phi) is 2.96. The molecule has 2 atom stereocenters. The summed E-state index contributed by atoms with van der Waals surface area (Å²) in [5.74, 6) is -1.68. The number of pyridine rings is 1. The van der Waals surface area contributed by atoms with E-state index < -0.39 is 17.9 Å². The molecule has 1 aromatic heterocycles. The van der Waals surface area contributed by atoms with Gasteiger partial charge in [0.25, 0.3) is 0 Å². The van der Waals surface area contributed by atoms with Gasteiger partial charge in [-0.15, -0.1) is 0 Å². The van der Waals surface area contributed by atoms with Gasteiger partial charge in [0.15, 0.2) is 5.78 Å². The summed E-state index contributed by atoms with van der Waals surface area (Å²) in [5, 5.41) is 11.8. The smallest absolute Gasteiger partial charge is 0.321 e. The molecule has 1 unspecified atom stereocenters. The molecule has 1 aromatic rings. The Balaban J connectivity index is 2.19. The van der Waals surface area contributed by atoms with Crippen LogP contribution in [0.2, 0.25) is 0 Å². The van der Waals surface area contributed by atoms with Crippen molar-refractivity contribution >= 4 is 11.8 Å². The van der Waals surface area contributed by atoms with E-state index in [1.807, 2.05) is 0 Å². The first kappa shape index (κ1) is 10.8. The number of nitrogens with one attached hydrogen (secondary N) is 1. The van der Waals surface area contributed by atoms with E-state index in [1.54, 1.807) is 18.2 Å². The van der Waals surface area contributed by atoms with Crippen LogP contribution in [0.25, 0.3) is 0 Å². The standard InChI is InChI=1S/C11H12N2O3/c14-10(8-3-1-2-5-12-8)7-4-6-13-9(7)11(15)16/h1-3,5,7,9,13H,4,6H2,(H,15,16)/t7?,9-/m0/s1. The first-order valence-corrected chi connectivity index (χ1v) is 5.11. The molecule has 0 aliphatic carbocycles. The largest absolute Gasteiger partial charge is 0.480 e. The third kappa shape index (κ3) is 1.94. The first-order chi connectivity index (χ1) is 7.70. The number of Topliss-reactive ketones (excluding diaryl/α,β-unsaturated/α-hetero) is 1. The second kappa shape index (κ2) is 4.40. The van der Waals surface area contributed by atoms with E-state index >= 15 is 0 Å². The van der Waals surface area contributed by atoms with Crippen LogP contribution in [0.3, 0.4) is 0 Å². The summed E-state index contributed by atoms with van der Waals surface area (Å²) in [7, 11) is 0. The molecule has 0 spiro atoms. The molecule has 1 saturated heterocycles. The van der Waals surface area contributed by atoms with Crippen molar-refractivity contribution in [2.45, 2.75) is 12.5 Å². The number of carbonyl (C=O) groups excluding carboxylic acids is 1. The number of hydrogen-bond donors (Lipinski definition) is 2. The summed E-state index contributed by atoms with van der Waals surface area (Å²) in [4.78, 5) is 26.9. The van der Waals surface area contributed by atoms with Crippen LogP contribution in [0.5, 0.6) is 0 Å². The van der Waals surface area contributed by atoms with Gasteiger partial charge in [-0.25, -0.2) is 0 Å². The molecule has 0 bridgehead atoms. The van der Waals surface area contributed by atoms with Gasteiger partial charge in [-0.1, -0.05) is 6.07 Å². The molecule has 2 heterocycles. The maximum Gasteiger partial charge on any atom is 0.321 e. The van der Waals surface area contributed by atoms with Crippen LogP contribution in [0, 0.1) is 5.92 Å². The summed E-state index contributed by atoms with van der Waals surface area (Å²) < 4.78 is 0. The lowest BCUT2D eigenvalue weighted by Crippen LogP contribution is -2.38. The molecule has 2 N–H and O–H groups in total. The lowest BCUT2D eigenvalue weighted by molar-refractivity contribution is -0.139. The molecule has 0 radical (unpaired) electrons. The SMILES string of the molecule is O=C(c1ccccn1)C1CCN[C@@H]1C(=O)O. The maximum atomic E-state index is 12.0. The fraction of sp³-hybridized carbons (Fsp3) is 0.364. The zero-order valence-corrected chi connectivity index (χ0v) is 8.59. The Morgan fingerprint density at radius 3 is 2.88 bits per heavy atom. The summed E-state index contributed by atoms with van der Waals surface area (Å²) in [6, 6.07) is 4.27. The van der Waals surface area contributed by atoms with E-state index in [-0.39, 0.29) is 5.78 Å². The van der Waals surface area contributed by atoms with Crippen molar-refractivity contribution in [1.29, 1.82) is 0 Å². The minimum Gasteiger partial charge on any atom is -0.480 e. The molecule has 0 saturated carbocycles. The van der Waals surface area contributed by atoms with Gasteiger partial charge in [-0.2, -0.15) is 0 Å². The molecule has 5 heteroatoms. The van der Waals surface area contributed by atoms with E-state index in [0.717, 1.165) is 0 Å². The molecule has 1 aliphatic heterocycles. The second-order valence-electron chi connectivity index (χ2n) is 3.74. The number of carboxylic acid groups (broad SMARTS) is 1. The van der Waals surface area contributed by atoms with Crippen molar-refractivity contribution in [3.63, 3.8) is 0 Å². The zero-order chi connectivity index (χ0) is 11.5. The second-order valence-corrected chi connectivity index (χ2v) is 3.74. The molecule has 84 valence electrons. The van der Waals surface area contributed by atoms with Gasteiger partial charge in [-0.05, 0) is 25.1 Å². The highest BCUT2D eigenvalue weighted by Gasteiger charge is 2.38. The Morgan fingerprint density at radius 1 is 1.44 bits per heavy atom. The average Bonchev–Trinajstić information content (AvgIpc) is 2.78. The number of carbonyl (C=O) groups is 2. The molecule has 1 fully saturated rings. The van der Waals surface area contributed by atoms with Crippen molar-refractivity contribution < 1.29 is 14.7 Å². The van der Waals surface area contributed by atoms with E-state index in [4.69, 9.17) is 5.11 Å². The van der Waals surface area contributed by atoms with Gasteiger partial charge in [-0.3, -0.25) is 14.6 Å². The van der Waals surface area contributed by atoms with Crippen molar-refractivity contribution in [2.75, 3.05) is 6.54 Å². The highest BCUT2D eigenvalue weighted by Crippen LogP contribution is 2.20.